The number of nitrogens with one attached hydrogen (secondary N) is 1. The zero-order valence-electron chi connectivity index (χ0n) is 10.2. The van der Waals surface area contributed by atoms with Crippen LogP contribution in [0.5, 0.6) is 0 Å². The molecule has 0 radical (unpaired) electrons. The van der Waals surface area contributed by atoms with Crippen LogP contribution in [0.3, 0.4) is 0 Å². The van der Waals surface area contributed by atoms with Crippen LogP contribution in [0, 0.1) is 5.92 Å². The molecule has 1 heterocycles. The third kappa shape index (κ3) is 3.23. The maximum absolute atomic E-state index is 11.8. The van der Waals surface area contributed by atoms with Crippen molar-refractivity contribution in [2.75, 3.05) is 25.6 Å². The van der Waals surface area contributed by atoms with Gasteiger partial charge in [-0.3, -0.25) is 0 Å². The van der Waals surface area contributed by atoms with Gasteiger partial charge in [0.15, 0.2) is 0 Å². The summed E-state index contributed by atoms with van der Waals surface area (Å²) < 4.78 is 11.2. The van der Waals surface area contributed by atoms with Gasteiger partial charge in [-0.2, -0.15) is 0 Å². The third-order valence-electron chi connectivity index (χ3n) is 3.04. The summed E-state index contributed by atoms with van der Waals surface area (Å²) in [6, 6.07) is 7.37. The number of benzene rings is 1. The standard InChI is InChI=1S/C13H16BrNO3/c1-17-13(16)12(9-5-6-18-8-9)15-11-4-2-3-10(14)7-11/h2-4,7,9,12,15H,5-6,8H2,1H3. The van der Waals surface area contributed by atoms with Crippen LogP contribution in [0.15, 0.2) is 28.7 Å². The van der Waals surface area contributed by atoms with Crippen molar-refractivity contribution in [2.24, 2.45) is 5.92 Å². The SMILES string of the molecule is COC(=O)C(Nc1cccc(Br)c1)C1CCOC1. The summed E-state index contributed by atoms with van der Waals surface area (Å²) in [5, 5.41) is 3.23. The molecule has 1 aliphatic rings. The maximum Gasteiger partial charge on any atom is 0.328 e. The van der Waals surface area contributed by atoms with E-state index in [0.717, 1.165) is 16.6 Å². The molecule has 0 saturated carbocycles. The summed E-state index contributed by atoms with van der Waals surface area (Å²) in [5.41, 5.74) is 0.895. The molecule has 1 aromatic rings. The summed E-state index contributed by atoms with van der Waals surface area (Å²) in [4.78, 5) is 11.8. The lowest BCUT2D eigenvalue weighted by molar-refractivity contribution is -0.142. The number of methoxy groups -OCH3 is 1. The summed E-state index contributed by atoms with van der Waals surface area (Å²) in [6.07, 6.45) is 0.876. The van der Waals surface area contributed by atoms with Gasteiger partial charge in [0, 0.05) is 22.7 Å². The normalized spacial score (nSPS) is 20.4. The summed E-state index contributed by atoms with van der Waals surface area (Å²) in [5.74, 6) is -0.0816. The van der Waals surface area contributed by atoms with Crippen LogP contribution >= 0.6 is 15.9 Å². The number of ether oxygens (including phenoxy) is 2. The van der Waals surface area contributed by atoms with Crippen molar-refractivity contribution in [2.45, 2.75) is 12.5 Å². The number of rotatable bonds is 4. The van der Waals surface area contributed by atoms with E-state index in [-0.39, 0.29) is 17.9 Å². The van der Waals surface area contributed by atoms with Gasteiger partial charge in [0.1, 0.15) is 6.04 Å². The van der Waals surface area contributed by atoms with E-state index in [2.05, 4.69) is 21.2 Å². The maximum atomic E-state index is 11.8. The predicted molar refractivity (Wildman–Crippen MR) is 72.5 cm³/mol. The van der Waals surface area contributed by atoms with Crippen LogP contribution in [0.1, 0.15) is 6.42 Å². The number of carbonyl (C=O) groups is 1. The fourth-order valence-electron chi connectivity index (χ4n) is 2.07. The molecule has 1 N–H and O–H groups in total. The quantitative estimate of drug-likeness (QED) is 0.867. The molecule has 1 aromatic carbocycles. The second-order valence-corrected chi connectivity index (χ2v) is 5.19. The molecular formula is C13H16BrNO3. The summed E-state index contributed by atoms with van der Waals surface area (Å²) in [7, 11) is 1.41. The summed E-state index contributed by atoms with van der Waals surface area (Å²) in [6.45, 7) is 1.30. The monoisotopic (exact) mass is 313 g/mol. The third-order valence-corrected chi connectivity index (χ3v) is 3.53. The molecular weight excluding hydrogens is 298 g/mol. The second kappa shape index (κ2) is 6.20. The van der Waals surface area contributed by atoms with E-state index in [4.69, 9.17) is 9.47 Å². The molecule has 18 heavy (non-hydrogen) atoms. The second-order valence-electron chi connectivity index (χ2n) is 4.28. The first-order valence-corrected chi connectivity index (χ1v) is 6.67. The highest BCUT2D eigenvalue weighted by Gasteiger charge is 2.32. The Labute approximate surface area is 115 Å². The number of halogens is 1. The Kier molecular flexibility index (Phi) is 4.60. The Balaban J connectivity index is 2.11. The Morgan fingerprint density at radius 3 is 3.06 bits per heavy atom. The first kappa shape index (κ1) is 13.4. The fraction of sp³-hybridized carbons (Fsp3) is 0.462. The number of anilines is 1. The van der Waals surface area contributed by atoms with Crippen molar-refractivity contribution in [3.8, 4) is 0 Å². The van der Waals surface area contributed by atoms with Gasteiger partial charge < -0.3 is 14.8 Å². The zero-order chi connectivity index (χ0) is 13.0. The van der Waals surface area contributed by atoms with E-state index in [9.17, 15) is 4.79 Å². The summed E-state index contributed by atoms with van der Waals surface area (Å²) >= 11 is 3.41. The first-order chi connectivity index (χ1) is 8.70. The van der Waals surface area contributed by atoms with Gasteiger partial charge in [-0.15, -0.1) is 0 Å². The minimum atomic E-state index is -0.355. The molecule has 2 rings (SSSR count). The highest BCUT2D eigenvalue weighted by molar-refractivity contribution is 9.10. The Morgan fingerprint density at radius 1 is 1.61 bits per heavy atom. The molecule has 0 aliphatic carbocycles. The Bertz CT molecular complexity index is 418. The van der Waals surface area contributed by atoms with Gasteiger partial charge in [0.05, 0.1) is 13.7 Å². The number of esters is 1. The van der Waals surface area contributed by atoms with Gasteiger partial charge in [-0.05, 0) is 24.6 Å². The molecule has 1 aliphatic heterocycles. The lowest BCUT2D eigenvalue weighted by Crippen LogP contribution is -2.38. The van der Waals surface area contributed by atoms with E-state index in [1.54, 1.807) is 0 Å². The van der Waals surface area contributed by atoms with E-state index in [0.29, 0.717) is 13.2 Å². The van der Waals surface area contributed by atoms with Gasteiger partial charge >= 0.3 is 5.97 Å². The van der Waals surface area contributed by atoms with Crippen LogP contribution in [0.2, 0.25) is 0 Å². The first-order valence-electron chi connectivity index (χ1n) is 5.88. The van der Waals surface area contributed by atoms with Crippen molar-refractivity contribution in [1.82, 2.24) is 0 Å². The molecule has 0 amide bonds. The van der Waals surface area contributed by atoms with Crippen molar-refractivity contribution in [1.29, 1.82) is 0 Å². The topological polar surface area (TPSA) is 47.6 Å². The Hall–Kier alpha value is -1.07. The van der Waals surface area contributed by atoms with Crippen molar-refractivity contribution < 1.29 is 14.3 Å². The number of carbonyl (C=O) groups excluding carboxylic acids is 1. The lowest BCUT2D eigenvalue weighted by Gasteiger charge is -2.22. The van der Waals surface area contributed by atoms with E-state index in [1.807, 2.05) is 24.3 Å². The van der Waals surface area contributed by atoms with Crippen molar-refractivity contribution in [3.05, 3.63) is 28.7 Å². The van der Waals surface area contributed by atoms with E-state index in [1.165, 1.54) is 7.11 Å². The fourth-order valence-corrected chi connectivity index (χ4v) is 2.47. The molecule has 98 valence electrons. The van der Waals surface area contributed by atoms with Crippen molar-refractivity contribution in [3.63, 3.8) is 0 Å². The molecule has 2 atom stereocenters. The van der Waals surface area contributed by atoms with Crippen molar-refractivity contribution >= 4 is 27.6 Å². The molecule has 0 aromatic heterocycles. The highest BCUT2D eigenvalue weighted by atomic mass is 79.9. The van der Waals surface area contributed by atoms with Gasteiger partial charge in [-0.25, -0.2) is 4.79 Å². The van der Waals surface area contributed by atoms with Crippen LogP contribution in [0.25, 0.3) is 0 Å². The minimum Gasteiger partial charge on any atom is -0.467 e. The molecule has 2 unspecified atom stereocenters. The van der Waals surface area contributed by atoms with Crippen LogP contribution in [-0.4, -0.2) is 32.3 Å². The Morgan fingerprint density at radius 2 is 2.44 bits per heavy atom. The smallest absolute Gasteiger partial charge is 0.328 e. The minimum absolute atomic E-state index is 0.163. The highest BCUT2D eigenvalue weighted by Crippen LogP contribution is 2.23. The number of hydrogen-bond donors (Lipinski definition) is 1. The molecule has 1 fully saturated rings. The largest absolute Gasteiger partial charge is 0.467 e. The molecule has 0 bridgehead atoms. The van der Waals surface area contributed by atoms with Crippen LogP contribution in [0.4, 0.5) is 5.69 Å². The molecule has 4 nitrogen and oxygen atoms in total. The molecule has 0 spiro atoms. The predicted octanol–water partition coefficient (Wildman–Crippen LogP) is 2.44. The number of hydrogen-bond acceptors (Lipinski definition) is 4. The van der Waals surface area contributed by atoms with Crippen LogP contribution in [-0.2, 0) is 14.3 Å². The molecule has 5 heteroatoms. The van der Waals surface area contributed by atoms with E-state index >= 15 is 0 Å². The van der Waals surface area contributed by atoms with Gasteiger partial charge in [0.25, 0.3) is 0 Å². The van der Waals surface area contributed by atoms with E-state index < -0.39 is 0 Å². The van der Waals surface area contributed by atoms with Gasteiger partial charge in [0.2, 0.25) is 0 Å². The lowest BCUT2D eigenvalue weighted by atomic mass is 9.99. The zero-order valence-corrected chi connectivity index (χ0v) is 11.8. The van der Waals surface area contributed by atoms with Crippen LogP contribution < -0.4 is 5.32 Å². The average molecular weight is 314 g/mol. The van der Waals surface area contributed by atoms with Gasteiger partial charge in [-0.1, -0.05) is 22.0 Å². The average Bonchev–Trinajstić information content (AvgIpc) is 2.89. The molecule has 1 saturated heterocycles.